The molecule has 84 valence electrons. The first-order valence-corrected chi connectivity index (χ1v) is 5.35. The summed E-state index contributed by atoms with van der Waals surface area (Å²) in [5.74, 6) is 0. The van der Waals surface area contributed by atoms with Gasteiger partial charge in [-0.3, -0.25) is 4.48 Å². The van der Waals surface area contributed by atoms with Gasteiger partial charge < -0.3 is 29.3 Å². The van der Waals surface area contributed by atoms with Crippen molar-refractivity contribution in [1.82, 2.24) is 9.80 Å². The minimum Gasteiger partial charge on any atom is -1.00 e. The number of likely N-dealkylation sites (N-methyl/N-ethyl adjacent to an activating group) is 1. The monoisotopic (exact) mass is 318 g/mol. The highest BCUT2D eigenvalue weighted by Gasteiger charge is 2.33. The van der Waals surface area contributed by atoms with E-state index in [-0.39, 0.29) is 24.0 Å². The zero-order valence-corrected chi connectivity index (χ0v) is 11.6. The van der Waals surface area contributed by atoms with Crippen molar-refractivity contribution in [2.75, 3.05) is 26.7 Å². The molecule has 3 heteroatoms. The number of rotatable bonds is 1. The number of hydrogen-bond acceptors (Lipinski definition) is 1. The average Bonchev–Trinajstić information content (AvgIpc) is 2.24. The molecule has 1 aromatic rings. The van der Waals surface area contributed by atoms with Crippen LogP contribution in [0.3, 0.4) is 0 Å². The van der Waals surface area contributed by atoms with Crippen molar-refractivity contribution in [2.24, 2.45) is 0 Å². The Labute approximate surface area is 109 Å². The Morgan fingerprint density at radius 3 is 2.53 bits per heavy atom. The summed E-state index contributed by atoms with van der Waals surface area (Å²) < 4.78 is 1.06. The Morgan fingerprint density at radius 2 is 1.93 bits per heavy atom. The van der Waals surface area contributed by atoms with Gasteiger partial charge in [0, 0.05) is 13.1 Å². The molecular weight excluding hydrogens is 299 g/mol. The van der Waals surface area contributed by atoms with Crippen LogP contribution in [0, 0.1) is 0 Å². The average molecular weight is 318 g/mol. The highest BCUT2D eigenvalue weighted by Crippen LogP contribution is 2.24. The quantitative estimate of drug-likeness (QED) is 0.497. The molecule has 0 aromatic heterocycles. The van der Waals surface area contributed by atoms with E-state index >= 15 is 0 Å². The van der Waals surface area contributed by atoms with Crippen LogP contribution in [0.15, 0.2) is 30.3 Å². The molecule has 1 N–H and O–H groups in total. The van der Waals surface area contributed by atoms with E-state index in [1.807, 2.05) is 0 Å². The molecule has 2 nitrogen and oxygen atoms in total. The maximum Gasteiger partial charge on any atom is 0.132 e. The number of nitrogens with one attached hydrogen (secondary N) is 1. The molecule has 1 aromatic carbocycles. The molecule has 0 radical (unpaired) electrons. The standard InChI is InChI=1S/C12H19N2.HI/c1-11-10-13-8-9-14(11,2)12-6-4-3-5-7-12;/h3-7,11,13H,8-10H2,1-2H3;1H/q+1;/p-1. The van der Waals surface area contributed by atoms with Gasteiger partial charge in [-0.2, -0.15) is 0 Å². The molecule has 2 atom stereocenters. The SMILES string of the molecule is CC1CNCC[N+]1(C)c1ccccc1.[I-]. The van der Waals surface area contributed by atoms with Crippen molar-refractivity contribution in [3.63, 3.8) is 0 Å². The molecule has 1 aliphatic heterocycles. The molecule has 1 fully saturated rings. The third kappa shape index (κ3) is 2.52. The molecule has 0 saturated carbocycles. The van der Waals surface area contributed by atoms with Crippen LogP contribution in [0.1, 0.15) is 6.92 Å². The maximum atomic E-state index is 3.44. The summed E-state index contributed by atoms with van der Waals surface area (Å²) in [7, 11) is 2.33. The normalized spacial score (nSPS) is 30.7. The smallest absolute Gasteiger partial charge is 0.132 e. The van der Waals surface area contributed by atoms with E-state index in [2.05, 4.69) is 49.6 Å². The Bertz CT molecular complexity index is 302. The summed E-state index contributed by atoms with van der Waals surface area (Å²) in [5, 5.41) is 3.44. The number of benzene rings is 1. The van der Waals surface area contributed by atoms with Crippen molar-refractivity contribution in [3.05, 3.63) is 30.3 Å². The summed E-state index contributed by atoms with van der Waals surface area (Å²) in [6.45, 7) is 5.74. The second-order valence-corrected chi connectivity index (χ2v) is 4.38. The molecule has 0 amide bonds. The van der Waals surface area contributed by atoms with Crippen LogP contribution in [-0.2, 0) is 0 Å². The van der Waals surface area contributed by atoms with Crippen molar-refractivity contribution >= 4 is 5.69 Å². The number of quaternary nitrogens is 1. The number of nitrogens with zero attached hydrogens (tertiary/aromatic N) is 1. The van der Waals surface area contributed by atoms with Gasteiger partial charge >= 0.3 is 0 Å². The van der Waals surface area contributed by atoms with Crippen LogP contribution < -0.4 is 33.8 Å². The largest absolute Gasteiger partial charge is 1.00 e. The lowest BCUT2D eigenvalue weighted by molar-refractivity contribution is -0.00000299. The van der Waals surface area contributed by atoms with Crippen LogP contribution in [0.25, 0.3) is 0 Å². The lowest BCUT2D eigenvalue weighted by atomic mass is 10.1. The van der Waals surface area contributed by atoms with E-state index < -0.39 is 0 Å². The van der Waals surface area contributed by atoms with E-state index in [0.29, 0.717) is 6.04 Å². The molecule has 2 rings (SSSR count). The first-order chi connectivity index (χ1) is 6.73. The molecular formula is C12H19IN2. The zero-order chi connectivity index (χ0) is 10.0. The van der Waals surface area contributed by atoms with E-state index in [4.69, 9.17) is 0 Å². The topological polar surface area (TPSA) is 12.0 Å². The van der Waals surface area contributed by atoms with Crippen LogP contribution in [0.5, 0.6) is 0 Å². The Morgan fingerprint density at radius 1 is 1.27 bits per heavy atom. The second-order valence-electron chi connectivity index (χ2n) is 4.38. The lowest BCUT2D eigenvalue weighted by Gasteiger charge is -2.43. The van der Waals surface area contributed by atoms with Crippen LogP contribution in [0.2, 0.25) is 0 Å². The first kappa shape index (κ1) is 12.9. The van der Waals surface area contributed by atoms with Gasteiger partial charge in [0.2, 0.25) is 0 Å². The molecule has 0 spiro atoms. The lowest BCUT2D eigenvalue weighted by Crippen LogP contribution is -3.00. The minimum atomic E-state index is 0. The minimum absolute atomic E-state index is 0. The number of para-hydroxylation sites is 1. The van der Waals surface area contributed by atoms with Crippen molar-refractivity contribution in [3.8, 4) is 0 Å². The predicted molar refractivity (Wildman–Crippen MR) is 61.4 cm³/mol. The number of halogens is 1. The molecule has 1 saturated heterocycles. The van der Waals surface area contributed by atoms with Crippen LogP contribution >= 0.6 is 0 Å². The number of piperazine rings is 1. The van der Waals surface area contributed by atoms with Crippen molar-refractivity contribution < 1.29 is 24.0 Å². The van der Waals surface area contributed by atoms with Gasteiger partial charge in [0.1, 0.15) is 11.7 Å². The summed E-state index contributed by atoms with van der Waals surface area (Å²) in [4.78, 5) is 0. The highest BCUT2D eigenvalue weighted by atomic mass is 127. The third-order valence-electron chi connectivity index (χ3n) is 3.51. The first-order valence-electron chi connectivity index (χ1n) is 5.35. The molecule has 0 bridgehead atoms. The predicted octanol–water partition coefficient (Wildman–Crippen LogP) is -1.38. The van der Waals surface area contributed by atoms with Gasteiger partial charge in [0.25, 0.3) is 0 Å². The van der Waals surface area contributed by atoms with E-state index in [1.165, 1.54) is 12.2 Å². The Kier molecular flexibility index (Phi) is 4.55. The van der Waals surface area contributed by atoms with Gasteiger partial charge in [0.15, 0.2) is 0 Å². The molecule has 0 aliphatic carbocycles. The fraction of sp³-hybridized carbons (Fsp3) is 0.500. The van der Waals surface area contributed by atoms with Gasteiger partial charge in [-0.05, 0) is 19.1 Å². The molecule has 1 heterocycles. The Balaban J connectivity index is 0.00000112. The van der Waals surface area contributed by atoms with Crippen LogP contribution in [-0.4, -0.2) is 32.7 Å². The fourth-order valence-corrected chi connectivity index (χ4v) is 2.20. The summed E-state index contributed by atoms with van der Waals surface area (Å²) in [6.07, 6.45) is 0. The third-order valence-corrected chi connectivity index (χ3v) is 3.51. The van der Waals surface area contributed by atoms with E-state index in [1.54, 1.807) is 0 Å². The fourth-order valence-electron chi connectivity index (χ4n) is 2.20. The van der Waals surface area contributed by atoms with Gasteiger partial charge in [0.05, 0.1) is 13.6 Å². The van der Waals surface area contributed by atoms with Gasteiger partial charge in [-0.15, -0.1) is 0 Å². The zero-order valence-electron chi connectivity index (χ0n) is 9.41. The molecule has 2 unspecified atom stereocenters. The summed E-state index contributed by atoms with van der Waals surface area (Å²) >= 11 is 0. The second kappa shape index (κ2) is 5.27. The highest BCUT2D eigenvalue weighted by molar-refractivity contribution is 5.43. The summed E-state index contributed by atoms with van der Waals surface area (Å²) in [5.41, 5.74) is 1.43. The van der Waals surface area contributed by atoms with Gasteiger partial charge in [-0.25, -0.2) is 0 Å². The summed E-state index contributed by atoms with van der Waals surface area (Å²) in [6, 6.07) is 11.5. The Hall–Kier alpha value is -0.130. The van der Waals surface area contributed by atoms with E-state index in [9.17, 15) is 0 Å². The maximum absolute atomic E-state index is 3.44. The van der Waals surface area contributed by atoms with Crippen LogP contribution in [0.4, 0.5) is 5.69 Å². The van der Waals surface area contributed by atoms with Crippen molar-refractivity contribution in [1.29, 1.82) is 0 Å². The molecule has 15 heavy (non-hydrogen) atoms. The van der Waals surface area contributed by atoms with Gasteiger partial charge in [-0.1, -0.05) is 18.2 Å². The van der Waals surface area contributed by atoms with Crippen molar-refractivity contribution in [2.45, 2.75) is 13.0 Å². The molecule has 1 aliphatic rings. The van der Waals surface area contributed by atoms with E-state index in [0.717, 1.165) is 17.6 Å². The number of hydrogen-bond donors (Lipinski definition) is 1.